The molecular formula is C28H28N2O7S. The maximum Gasteiger partial charge on any atom is 0.338 e. The number of thiazole rings is 1. The number of ether oxygens (including phenoxy) is 4. The Kier molecular flexibility index (Phi) is 8.11. The van der Waals surface area contributed by atoms with E-state index in [1.807, 2.05) is 31.2 Å². The fourth-order valence-corrected chi connectivity index (χ4v) is 5.18. The largest absolute Gasteiger partial charge is 0.494 e. The second-order valence-corrected chi connectivity index (χ2v) is 9.50. The van der Waals surface area contributed by atoms with Gasteiger partial charge in [-0.2, -0.15) is 0 Å². The molecule has 1 unspecified atom stereocenters. The highest BCUT2D eigenvalue weighted by Gasteiger charge is 2.33. The Morgan fingerprint density at radius 3 is 2.47 bits per heavy atom. The molecule has 0 amide bonds. The van der Waals surface area contributed by atoms with Gasteiger partial charge in [-0.3, -0.25) is 14.2 Å². The van der Waals surface area contributed by atoms with Gasteiger partial charge < -0.3 is 18.9 Å². The highest BCUT2D eigenvalue weighted by Crippen LogP contribution is 2.36. The fourth-order valence-electron chi connectivity index (χ4n) is 4.13. The molecule has 9 nitrogen and oxygen atoms in total. The van der Waals surface area contributed by atoms with Crippen molar-refractivity contribution in [2.75, 3.05) is 20.8 Å². The average molecular weight is 537 g/mol. The molecule has 4 rings (SSSR count). The van der Waals surface area contributed by atoms with E-state index < -0.39 is 18.0 Å². The summed E-state index contributed by atoms with van der Waals surface area (Å²) in [5.41, 5.74) is 1.76. The van der Waals surface area contributed by atoms with Crippen LogP contribution in [0.1, 0.15) is 44.4 Å². The molecule has 198 valence electrons. The van der Waals surface area contributed by atoms with Gasteiger partial charge in [-0.1, -0.05) is 36.5 Å². The van der Waals surface area contributed by atoms with Crippen LogP contribution < -0.4 is 29.1 Å². The van der Waals surface area contributed by atoms with Gasteiger partial charge in [0.25, 0.3) is 5.56 Å². The van der Waals surface area contributed by atoms with Crippen molar-refractivity contribution < 1.29 is 28.5 Å². The van der Waals surface area contributed by atoms with Crippen LogP contribution in [0, 0.1) is 0 Å². The van der Waals surface area contributed by atoms with Crippen LogP contribution in [-0.4, -0.2) is 37.3 Å². The number of allylic oxidation sites excluding steroid dienone is 1. The summed E-state index contributed by atoms with van der Waals surface area (Å²) in [6.45, 7) is 5.67. The Labute approximate surface area is 223 Å². The van der Waals surface area contributed by atoms with Gasteiger partial charge in [-0.25, -0.2) is 9.79 Å². The third-order valence-corrected chi connectivity index (χ3v) is 6.82. The smallest absolute Gasteiger partial charge is 0.338 e. The summed E-state index contributed by atoms with van der Waals surface area (Å²) in [5, 5.41) is 0. The zero-order chi connectivity index (χ0) is 27.4. The SMILES string of the molecule is CCCOc1ccc(/C=c2\sc3n(c2=O)C(c2ccc(OC(C)=O)c(OC)c2)C(C(=O)OC)=C(C)N=3)cc1. The van der Waals surface area contributed by atoms with E-state index in [2.05, 4.69) is 4.99 Å². The molecule has 0 saturated carbocycles. The summed E-state index contributed by atoms with van der Waals surface area (Å²) < 4.78 is 23.3. The van der Waals surface area contributed by atoms with Crippen molar-refractivity contribution in [3.05, 3.63) is 84.5 Å². The number of aromatic nitrogens is 1. The lowest BCUT2D eigenvalue weighted by atomic mass is 9.95. The van der Waals surface area contributed by atoms with Crippen LogP contribution in [0.5, 0.6) is 17.2 Å². The Hall–Kier alpha value is -4.18. The van der Waals surface area contributed by atoms with Crippen molar-refractivity contribution in [3.8, 4) is 17.2 Å². The minimum atomic E-state index is -0.828. The molecule has 1 aliphatic heterocycles. The molecule has 2 heterocycles. The van der Waals surface area contributed by atoms with Crippen LogP contribution in [0.3, 0.4) is 0 Å². The monoisotopic (exact) mass is 536 g/mol. The Bertz CT molecular complexity index is 1580. The molecule has 0 bridgehead atoms. The highest BCUT2D eigenvalue weighted by atomic mass is 32.1. The van der Waals surface area contributed by atoms with Crippen LogP contribution in [0.2, 0.25) is 0 Å². The standard InChI is InChI=1S/C28H28N2O7S/c1-6-13-36-20-10-7-18(8-11-20)14-23-26(32)30-25(24(27(33)35-5)16(2)29-28(30)38-23)19-9-12-21(37-17(3)31)22(15-19)34-4/h7-12,14-15,25H,6,13H2,1-5H3/b23-14-. The van der Waals surface area contributed by atoms with Crippen molar-refractivity contribution in [1.82, 2.24) is 4.57 Å². The summed E-state index contributed by atoms with van der Waals surface area (Å²) in [4.78, 5) is 43.1. The number of hydrogen-bond acceptors (Lipinski definition) is 9. The van der Waals surface area contributed by atoms with Crippen LogP contribution in [0.15, 0.2) is 63.5 Å². The zero-order valence-electron chi connectivity index (χ0n) is 21.8. The molecule has 38 heavy (non-hydrogen) atoms. The molecule has 2 aromatic carbocycles. The van der Waals surface area contributed by atoms with Crippen molar-refractivity contribution in [2.45, 2.75) is 33.2 Å². The third-order valence-electron chi connectivity index (χ3n) is 5.83. The first-order valence-corrected chi connectivity index (χ1v) is 12.8. The van der Waals surface area contributed by atoms with E-state index >= 15 is 0 Å². The first kappa shape index (κ1) is 26.9. The number of rotatable bonds is 8. The number of fused-ring (bicyclic) bond motifs is 1. The van der Waals surface area contributed by atoms with Gasteiger partial charge >= 0.3 is 11.9 Å². The summed E-state index contributed by atoms with van der Waals surface area (Å²) >= 11 is 1.23. The number of nitrogens with zero attached hydrogens (tertiary/aromatic N) is 2. The minimum absolute atomic E-state index is 0.225. The molecule has 3 aromatic rings. The zero-order valence-corrected chi connectivity index (χ0v) is 22.6. The number of esters is 2. The van der Waals surface area contributed by atoms with E-state index in [1.165, 1.54) is 37.0 Å². The topological polar surface area (TPSA) is 105 Å². The molecule has 10 heteroatoms. The number of methoxy groups -OCH3 is 2. The van der Waals surface area contributed by atoms with Gasteiger partial charge in [0.1, 0.15) is 5.75 Å². The Balaban J connectivity index is 1.86. The highest BCUT2D eigenvalue weighted by molar-refractivity contribution is 7.07. The van der Waals surface area contributed by atoms with Crippen molar-refractivity contribution in [1.29, 1.82) is 0 Å². The second-order valence-electron chi connectivity index (χ2n) is 8.49. The van der Waals surface area contributed by atoms with Gasteiger partial charge in [0.2, 0.25) is 0 Å². The van der Waals surface area contributed by atoms with Crippen LogP contribution in [-0.2, 0) is 14.3 Å². The number of carbonyl (C=O) groups is 2. The number of hydrogen-bond donors (Lipinski definition) is 0. The van der Waals surface area contributed by atoms with Crippen molar-refractivity contribution >= 4 is 29.4 Å². The first-order chi connectivity index (χ1) is 18.3. The molecule has 1 aromatic heterocycles. The van der Waals surface area contributed by atoms with E-state index in [1.54, 1.807) is 31.2 Å². The molecule has 1 aliphatic rings. The van der Waals surface area contributed by atoms with E-state index in [9.17, 15) is 14.4 Å². The summed E-state index contributed by atoms with van der Waals surface area (Å²) in [6, 6.07) is 11.5. The number of carbonyl (C=O) groups excluding carboxylic acids is 2. The molecule has 0 spiro atoms. The van der Waals surface area contributed by atoms with Gasteiger partial charge in [0, 0.05) is 6.92 Å². The molecule has 0 fully saturated rings. The van der Waals surface area contributed by atoms with E-state index in [-0.39, 0.29) is 22.6 Å². The van der Waals surface area contributed by atoms with Crippen molar-refractivity contribution in [3.63, 3.8) is 0 Å². The maximum atomic E-state index is 13.7. The van der Waals surface area contributed by atoms with E-state index in [0.29, 0.717) is 27.2 Å². The fraction of sp³-hybridized carbons (Fsp3) is 0.286. The predicted octanol–water partition coefficient (Wildman–Crippen LogP) is 3.13. The molecule has 1 atom stereocenters. The van der Waals surface area contributed by atoms with Crippen LogP contribution >= 0.6 is 11.3 Å². The minimum Gasteiger partial charge on any atom is -0.494 e. The molecule has 0 aliphatic carbocycles. The van der Waals surface area contributed by atoms with Crippen LogP contribution in [0.25, 0.3) is 6.08 Å². The molecule has 0 N–H and O–H groups in total. The van der Waals surface area contributed by atoms with Crippen molar-refractivity contribution in [2.24, 2.45) is 4.99 Å². The van der Waals surface area contributed by atoms with Gasteiger partial charge in [0.15, 0.2) is 16.3 Å². The third kappa shape index (κ3) is 5.40. The van der Waals surface area contributed by atoms with E-state index in [0.717, 1.165) is 17.7 Å². The summed E-state index contributed by atoms with van der Waals surface area (Å²) in [7, 11) is 2.72. The van der Waals surface area contributed by atoms with Gasteiger partial charge in [0.05, 0.1) is 42.7 Å². The lowest BCUT2D eigenvalue weighted by molar-refractivity contribution is -0.136. The Morgan fingerprint density at radius 2 is 1.84 bits per heavy atom. The lowest BCUT2D eigenvalue weighted by Crippen LogP contribution is -2.39. The lowest BCUT2D eigenvalue weighted by Gasteiger charge is -2.25. The maximum absolute atomic E-state index is 13.7. The summed E-state index contributed by atoms with van der Waals surface area (Å²) in [5.74, 6) is 0.165. The molecule has 0 radical (unpaired) electrons. The average Bonchev–Trinajstić information content (AvgIpc) is 3.21. The van der Waals surface area contributed by atoms with Crippen LogP contribution in [0.4, 0.5) is 0 Å². The predicted molar refractivity (Wildman–Crippen MR) is 142 cm³/mol. The molecular weight excluding hydrogens is 508 g/mol. The normalized spacial score (nSPS) is 15.0. The van der Waals surface area contributed by atoms with Gasteiger partial charge in [-0.05, 0) is 54.8 Å². The van der Waals surface area contributed by atoms with Gasteiger partial charge in [-0.15, -0.1) is 0 Å². The summed E-state index contributed by atoms with van der Waals surface area (Å²) in [6.07, 6.45) is 2.70. The van der Waals surface area contributed by atoms with E-state index in [4.69, 9.17) is 18.9 Å². The first-order valence-electron chi connectivity index (χ1n) is 12.0. The second kappa shape index (κ2) is 11.5. The molecule has 0 saturated heterocycles. The quantitative estimate of drug-likeness (QED) is 0.322. The Morgan fingerprint density at radius 1 is 1.11 bits per heavy atom. The number of benzene rings is 2.